The van der Waals surface area contributed by atoms with Gasteiger partial charge in [0, 0.05) is 29.9 Å². The number of hydrogen-bond acceptors (Lipinski definition) is 7. The van der Waals surface area contributed by atoms with E-state index in [9.17, 15) is 19.5 Å². The lowest BCUT2D eigenvalue weighted by molar-refractivity contribution is -0.304. The molecule has 0 aliphatic carbocycles. The molecule has 0 atom stereocenters. The standard InChI is InChI=1S/C19H23N3O5S/c1-12(2)9-22(18(26)13-4-6-15(27-3)7-5-13)10-16(23)21-19-20-14(11-28-19)8-17(24)25/h4-7,11-12H,8-10H2,1-3H3,(H,24,25)(H,20,21,23)/p-1. The number of nitrogens with one attached hydrogen (secondary N) is 1. The van der Waals surface area contributed by atoms with E-state index in [4.69, 9.17) is 4.74 Å². The molecule has 1 heterocycles. The van der Waals surface area contributed by atoms with E-state index in [0.29, 0.717) is 23.6 Å². The molecule has 2 aromatic rings. The van der Waals surface area contributed by atoms with Gasteiger partial charge in [-0.1, -0.05) is 13.8 Å². The lowest BCUT2D eigenvalue weighted by Crippen LogP contribution is -2.40. The summed E-state index contributed by atoms with van der Waals surface area (Å²) < 4.78 is 5.10. The first-order chi connectivity index (χ1) is 13.3. The molecule has 0 radical (unpaired) electrons. The third-order valence-electron chi connectivity index (χ3n) is 3.67. The van der Waals surface area contributed by atoms with Crippen molar-refractivity contribution >= 4 is 34.3 Å². The number of carboxylic acids is 1. The Morgan fingerprint density at radius 1 is 1.25 bits per heavy atom. The number of aromatic nitrogens is 1. The van der Waals surface area contributed by atoms with Gasteiger partial charge in [0.25, 0.3) is 5.91 Å². The number of nitrogens with zero attached hydrogens (tertiary/aromatic N) is 2. The first-order valence-corrected chi connectivity index (χ1v) is 9.54. The number of methoxy groups -OCH3 is 1. The molecule has 2 rings (SSSR count). The van der Waals surface area contributed by atoms with Crippen LogP contribution in [0.5, 0.6) is 5.75 Å². The summed E-state index contributed by atoms with van der Waals surface area (Å²) in [6.07, 6.45) is -0.318. The largest absolute Gasteiger partial charge is 0.550 e. The van der Waals surface area contributed by atoms with Crippen LogP contribution in [0.4, 0.5) is 5.13 Å². The first kappa shape index (κ1) is 21.4. The number of thiazole rings is 1. The minimum atomic E-state index is -1.24. The van der Waals surface area contributed by atoms with E-state index >= 15 is 0 Å². The second kappa shape index (κ2) is 9.84. The maximum absolute atomic E-state index is 12.8. The quantitative estimate of drug-likeness (QED) is 0.672. The summed E-state index contributed by atoms with van der Waals surface area (Å²) in [5.74, 6) is -1.10. The van der Waals surface area contributed by atoms with Gasteiger partial charge in [0.15, 0.2) is 5.13 Å². The van der Waals surface area contributed by atoms with E-state index in [1.165, 1.54) is 4.90 Å². The van der Waals surface area contributed by atoms with Crippen molar-refractivity contribution in [2.45, 2.75) is 20.3 Å². The average Bonchev–Trinajstić information content (AvgIpc) is 3.06. The molecule has 0 bridgehead atoms. The Morgan fingerprint density at radius 3 is 2.50 bits per heavy atom. The molecule has 150 valence electrons. The van der Waals surface area contributed by atoms with Crippen molar-refractivity contribution in [1.82, 2.24) is 9.88 Å². The Bertz CT molecular complexity index is 832. The van der Waals surface area contributed by atoms with E-state index in [1.54, 1.807) is 36.8 Å². The molecule has 0 aliphatic heterocycles. The predicted molar refractivity (Wildman–Crippen MR) is 103 cm³/mol. The molecule has 1 aromatic heterocycles. The zero-order valence-electron chi connectivity index (χ0n) is 15.9. The van der Waals surface area contributed by atoms with Gasteiger partial charge in [-0.3, -0.25) is 9.59 Å². The molecule has 1 aromatic carbocycles. The van der Waals surface area contributed by atoms with Crippen molar-refractivity contribution in [2.75, 3.05) is 25.5 Å². The van der Waals surface area contributed by atoms with Crippen molar-refractivity contribution < 1.29 is 24.2 Å². The summed E-state index contributed by atoms with van der Waals surface area (Å²) in [7, 11) is 1.54. The van der Waals surface area contributed by atoms with Gasteiger partial charge in [0.2, 0.25) is 5.91 Å². The number of carboxylic acid groups (broad SMARTS) is 1. The average molecular weight is 404 g/mol. The molecule has 0 aliphatic rings. The van der Waals surface area contributed by atoms with E-state index in [1.807, 2.05) is 13.8 Å². The number of carbonyl (C=O) groups is 3. The van der Waals surface area contributed by atoms with Crippen LogP contribution in [0.2, 0.25) is 0 Å². The number of rotatable bonds is 9. The van der Waals surface area contributed by atoms with Crippen LogP contribution in [0.15, 0.2) is 29.6 Å². The van der Waals surface area contributed by atoms with Crippen LogP contribution in [0, 0.1) is 5.92 Å². The van der Waals surface area contributed by atoms with Crippen molar-refractivity contribution in [3.63, 3.8) is 0 Å². The van der Waals surface area contributed by atoms with E-state index in [-0.39, 0.29) is 29.9 Å². The zero-order chi connectivity index (χ0) is 20.7. The summed E-state index contributed by atoms with van der Waals surface area (Å²) in [6, 6.07) is 6.68. The predicted octanol–water partition coefficient (Wildman–Crippen LogP) is 1.18. The van der Waals surface area contributed by atoms with Gasteiger partial charge in [0.05, 0.1) is 12.8 Å². The van der Waals surface area contributed by atoms with E-state index in [2.05, 4.69) is 10.3 Å². The number of amides is 2. The van der Waals surface area contributed by atoms with Gasteiger partial charge in [-0.2, -0.15) is 0 Å². The monoisotopic (exact) mass is 404 g/mol. The SMILES string of the molecule is COc1ccc(C(=O)N(CC(=O)Nc2nc(CC(=O)[O-])cs2)CC(C)C)cc1. The van der Waals surface area contributed by atoms with Crippen molar-refractivity contribution in [3.05, 3.63) is 40.9 Å². The molecular weight excluding hydrogens is 382 g/mol. The van der Waals surface area contributed by atoms with Crippen LogP contribution in [0.1, 0.15) is 29.9 Å². The van der Waals surface area contributed by atoms with Crippen LogP contribution in [0.3, 0.4) is 0 Å². The highest BCUT2D eigenvalue weighted by Crippen LogP contribution is 2.17. The molecule has 0 saturated carbocycles. The second-order valence-corrected chi connectivity index (χ2v) is 7.41. The van der Waals surface area contributed by atoms with Crippen molar-refractivity contribution in [1.29, 1.82) is 0 Å². The number of ether oxygens (including phenoxy) is 1. The Balaban J connectivity index is 2.05. The van der Waals surface area contributed by atoms with Gasteiger partial charge >= 0.3 is 0 Å². The molecule has 0 spiro atoms. The normalized spacial score (nSPS) is 10.6. The summed E-state index contributed by atoms with van der Waals surface area (Å²) in [6.45, 7) is 4.18. The number of carbonyl (C=O) groups excluding carboxylic acids is 3. The molecule has 2 amide bonds. The Morgan fingerprint density at radius 2 is 1.93 bits per heavy atom. The summed E-state index contributed by atoms with van der Waals surface area (Å²) >= 11 is 1.12. The molecule has 9 heteroatoms. The van der Waals surface area contributed by atoms with Crippen molar-refractivity contribution in [2.24, 2.45) is 5.92 Å². The molecule has 0 unspecified atom stereocenters. The van der Waals surface area contributed by atoms with E-state index < -0.39 is 11.9 Å². The number of anilines is 1. The Labute approximate surface area is 167 Å². The third kappa shape index (κ3) is 6.34. The third-order valence-corrected chi connectivity index (χ3v) is 4.47. The summed E-state index contributed by atoms with van der Waals surface area (Å²) in [5, 5.41) is 15.0. The lowest BCUT2D eigenvalue weighted by atomic mass is 10.1. The Hall–Kier alpha value is -2.94. The van der Waals surface area contributed by atoms with Crippen LogP contribution in [-0.2, 0) is 16.0 Å². The fraction of sp³-hybridized carbons (Fsp3) is 0.368. The molecule has 1 N–H and O–H groups in total. The zero-order valence-corrected chi connectivity index (χ0v) is 16.7. The summed E-state index contributed by atoms with van der Waals surface area (Å²) in [4.78, 5) is 41.3. The molecule has 0 fully saturated rings. The number of benzene rings is 1. The van der Waals surface area contributed by atoms with Crippen LogP contribution < -0.4 is 15.2 Å². The highest BCUT2D eigenvalue weighted by Gasteiger charge is 2.20. The topological polar surface area (TPSA) is 112 Å². The lowest BCUT2D eigenvalue weighted by Gasteiger charge is -2.24. The fourth-order valence-corrected chi connectivity index (χ4v) is 3.23. The minimum Gasteiger partial charge on any atom is -0.550 e. The summed E-state index contributed by atoms with van der Waals surface area (Å²) in [5.41, 5.74) is 0.772. The highest BCUT2D eigenvalue weighted by atomic mass is 32.1. The maximum Gasteiger partial charge on any atom is 0.254 e. The van der Waals surface area contributed by atoms with Crippen LogP contribution in [0.25, 0.3) is 0 Å². The second-order valence-electron chi connectivity index (χ2n) is 6.55. The Kier molecular flexibility index (Phi) is 7.51. The molecule has 0 saturated heterocycles. The van der Waals surface area contributed by atoms with Gasteiger partial charge in [-0.15, -0.1) is 11.3 Å². The van der Waals surface area contributed by atoms with Crippen molar-refractivity contribution in [3.8, 4) is 5.75 Å². The van der Waals surface area contributed by atoms with E-state index in [0.717, 1.165) is 11.3 Å². The van der Waals surface area contributed by atoms with Gasteiger partial charge in [-0.05, 0) is 30.2 Å². The fourth-order valence-electron chi connectivity index (χ4n) is 2.50. The maximum atomic E-state index is 12.8. The smallest absolute Gasteiger partial charge is 0.254 e. The first-order valence-electron chi connectivity index (χ1n) is 8.66. The molecule has 28 heavy (non-hydrogen) atoms. The number of hydrogen-bond donors (Lipinski definition) is 1. The minimum absolute atomic E-state index is 0.140. The molecular formula is C19H22N3O5S-. The van der Waals surface area contributed by atoms with Gasteiger partial charge < -0.3 is 24.9 Å². The highest BCUT2D eigenvalue weighted by molar-refractivity contribution is 7.13. The molecule has 8 nitrogen and oxygen atoms in total. The van der Waals surface area contributed by atoms with Crippen LogP contribution >= 0.6 is 11.3 Å². The van der Waals surface area contributed by atoms with Gasteiger partial charge in [-0.25, -0.2) is 4.98 Å². The number of aliphatic carboxylic acids is 1. The van der Waals surface area contributed by atoms with Gasteiger partial charge in [0.1, 0.15) is 12.3 Å². The van der Waals surface area contributed by atoms with Crippen LogP contribution in [-0.4, -0.2) is 47.9 Å².